The van der Waals surface area contributed by atoms with Gasteiger partial charge in [-0.25, -0.2) is 0 Å². The van der Waals surface area contributed by atoms with Crippen molar-refractivity contribution in [3.63, 3.8) is 0 Å². The normalized spacial score (nSPS) is 15.6. The van der Waals surface area contributed by atoms with Crippen LogP contribution < -0.4 is 19.5 Å². The smallest absolute Gasteiger partial charge is 0.263 e. The van der Waals surface area contributed by atoms with Crippen LogP contribution in [0.4, 0.5) is 0 Å². The van der Waals surface area contributed by atoms with Gasteiger partial charge in [0, 0.05) is 0 Å². The van der Waals surface area contributed by atoms with Crippen molar-refractivity contribution in [1.29, 1.82) is 0 Å². The van der Waals surface area contributed by atoms with Gasteiger partial charge < -0.3 is 19.5 Å². The van der Waals surface area contributed by atoms with Crippen LogP contribution in [0.5, 0.6) is 17.2 Å². The standard InChI is InChI=1S/C24H27NO4S2/c1-4-16(3)18-8-6-7-9-19(18)28-12-13-29-20-11-10-17(14-21(20)27-5-2)15-22-23(26)25-24(30)31-22/h6-11,14-16H,4-5,12-13H2,1-3H3,(H,25,26,30). The summed E-state index contributed by atoms with van der Waals surface area (Å²) >= 11 is 6.29. The van der Waals surface area contributed by atoms with Gasteiger partial charge in [0.15, 0.2) is 11.5 Å². The Kier molecular flexibility index (Phi) is 8.37. The second-order valence-electron chi connectivity index (χ2n) is 7.04. The highest BCUT2D eigenvalue weighted by atomic mass is 32.2. The first-order valence-corrected chi connectivity index (χ1v) is 11.6. The second kappa shape index (κ2) is 11.2. The van der Waals surface area contributed by atoms with Gasteiger partial charge in [0.05, 0.1) is 11.5 Å². The average Bonchev–Trinajstić information content (AvgIpc) is 3.08. The molecule has 1 saturated heterocycles. The summed E-state index contributed by atoms with van der Waals surface area (Å²) in [5.41, 5.74) is 2.06. The Morgan fingerprint density at radius 1 is 1.03 bits per heavy atom. The zero-order valence-electron chi connectivity index (χ0n) is 18.0. The second-order valence-corrected chi connectivity index (χ2v) is 8.75. The number of ether oxygens (including phenoxy) is 3. The largest absolute Gasteiger partial charge is 0.490 e. The quantitative estimate of drug-likeness (QED) is 0.287. The first-order chi connectivity index (χ1) is 15.0. The van der Waals surface area contributed by atoms with Gasteiger partial charge in [0.2, 0.25) is 0 Å². The van der Waals surface area contributed by atoms with Crippen LogP contribution in [0.15, 0.2) is 47.4 Å². The third-order valence-corrected chi connectivity index (χ3v) is 6.03. The minimum Gasteiger partial charge on any atom is -0.490 e. The zero-order chi connectivity index (χ0) is 22.2. The molecule has 1 aliphatic heterocycles. The Hall–Kier alpha value is -2.51. The molecule has 0 saturated carbocycles. The molecule has 0 spiro atoms. The van der Waals surface area contributed by atoms with E-state index in [1.165, 1.54) is 17.3 Å². The molecule has 164 valence electrons. The Balaban J connectivity index is 1.63. The lowest BCUT2D eigenvalue weighted by molar-refractivity contribution is -0.115. The molecule has 1 heterocycles. The van der Waals surface area contributed by atoms with Crippen molar-refractivity contribution in [2.75, 3.05) is 19.8 Å². The molecule has 1 fully saturated rings. The highest BCUT2D eigenvalue weighted by Gasteiger charge is 2.22. The minimum atomic E-state index is -0.178. The van der Waals surface area contributed by atoms with Crippen LogP contribution in [0.2, 0.25) is 0 Å². The maximum absolute atomic E-state index is 11.9. The molecular weight excluding hydrogens is 430 g/mol. The molecule has 7 heteroatoms. The van der Waals surface area contributed by atoms with E-state index in [2.05, 4.69) is 25.2 Å². The average molecular weight is 458 g/mol. The van der Waals surface area contributed by atoms with Crippen molar-refractivity contribution < 1.29 is 19.0 Å². The van der Waals surface area contributed by atoms with Crippen LogP contribution in [-0.4, -0.2) is 30.0 Å². The SMILES string of the molecule is CCOc1cc(C=C2SC(=S)NC2=O)ccc1OCCOc1ccccc1C(C)CC. The van der Waals surface area contributed by atoms with Gasteiger partial charge in [-0.3, -0.25) is 4.79 Å². The highest BCUT2D eigenvalue weighted by molar-refractivity contribution is 8.26. The van der Waals surface area contributed by atoms with Gasteiger partial charge in [-0.15, -0.1) is 0 Å². The van der Waals surface area contributed by atoms with Gasteiger partial charge in [-0.2, -0.15) is 0 Å². The van der Waals surface area contributed by atoms with Crippen LogP contribution in [0.25, 0.3) is 6.08 Å². The third-order valence-electron chi connectivity index (χ3n) is 4.87. The number of thiocarbonyl (C=S) groups is 1. The van der Waals surface area contributed by atoms with Crippen molar-refractivity contribution >= 4 is 40.3 Å². The van der Waals surface area contributed by atoms with Gasteiger partial charge in [-0.05, 0) is 54.7 Å². The molecule has 1 unspecified atom stereocenters. The lowest BCUT2D eigenvalue weighted by Gasteiger charge is -2.16. The van der Waals surface area contributed by atoms with E-state index in [9.17, 15) is 4.79 Å². The lowest BCUT2D eigenvalue weighted by Crippen LogP contribution is -2.17. The molecule has 1 aliphatic rings. The summed E-state index contributed by atoms with van der Waals surface area (Å²) in [5.74, 6) is 2.43. The van der Waals surface area contributed by atoms with Crippen LogP contribution >= 0.6 is 24.0 Å². The number of rotatable bonds is 10. The lowest BCUT2D eigenvalue weighted by atomic mass is 9.98. The number of benzene rings is 2. The van der Waals surface area contributed by atoms with Crippen molar-refractivity contribution in [3.05, 3.63) is 58.5 Å². The minimum absolute atomic E-state index is 0.178. The Morgan fingerprint density at radius 3 is 2.45 bits per heavy atom. The predicted molar refractivity (Wildman–Crippen MR) is 130 cm³/mol. The molecule has 1 atom stereocenters. The fraction of sp³-hybridized carbons (Fsp3) is 0.333. The number of hydrogen-bond donors (Lipinski definition) is 1. The van der Waals surface area contributed by atoms with Crippen molar-refractivity contribution in [2.24, 2.45) is 0 Å². The van der Waals surface area contributed by atoms with Gasteiger partial charge in [0.25, 0.3) is 5.91 Å². The molecule has 2 aromatic carbocycles. The first-order valence-electron chi connectivity index (χ1n) is 10.4. The first kappa shape index (κ1) is 23.2. The van der Waals surface area contributed by atoms with E-state index in [0.717, 1.165) is 17.7 Å². The van der Waals surface area contributed by atoms with Crippen molar-refractivity contribution in [1.82, 2.24) is 5.32 Å². The molecule has 0 aliphatic carbocycles. The zero-order valence-corrected chi connectivity index (χ0v) is 19.6. The van der Waals surface area contributed by atoms with Crippen LogP contribution in [0, 0.1) is 0 Å². The maximum atomic E-state index is 11.9. The fourth-order valence-corrected chi connectivity index (χ4v) is 4.16. The number of para-hydroxylation sites is 1. The Labute approximate surface area is 193 Å². The number of carbonyl (C=O) groups is 1. The fourth-order valence-electron chi connectivity index (χ4n) is 3.12. The molecule has 1 amide bonds. The molecule has 1 N–H and O–H groups in total. The third kappa shape index (κ3) is 6.24. The Morgan fingerprint density at radius 2 is 1.77 bits per heavy atom. The van der Waals surface area contributed by atoms with E-state index < -0.39 is 0 Å². The van der Waals surface area contributed by atoms with E-state index in [1.807, 2.05) is 43.3 Å². The maximum Gasteiger partial charge on any atom is 0.263 e. The molecule has 3 rings (SSSR count). The van der Waals surface area contributed by atoms with E-state index >= 15 is 0 Å². The summed E-state index contributed by atoms with van der Waals surface area (Å²) in [6.07, 6.45) is 2.85. The predicted octanol–water partition coefficient (Wildman–Crippen LogP) is 5.55. The van der Waals surface area contributed by atoms with Gasteiger partial charge in [0.1, 0.15) is 23.3 Å². The molecule has 31 heavy (non-hydrogen) atoms. The summed E-state index contributed by atoms with van der Waals surface area (Å²) in [7, 11) is 0. The summed E-state index contributed by atoms with van der Waals surface area (Å²) in [5, 5.41) is 2.62. The van der Waals surface area contributed by atoms with E-state index in [1.54, 1.807) is 6.08 Å². The van der Waals surface area contributed by atoms with Crippen LogP contribution in [-0.2, 0) is 4.79 Å². The van der Waals surface area contributed by atoms with E-state index in [4.69, 9.17) is 26.4 Å². The molecule has 5 nitrogen and oxygen atoms in total. The monoisotopic (exact) mass is 457 g/mol. The summed E-state index contributed by atoms with van der Waals surface area (Å²) < 4.78 is 18.1. The summed E-state index contributed by atoms with van der Waals surface area (Å²) in [4.78, 5) is 12.4. The number of thioether (sulfide) groups is 1. The van der Waals surface area contributed by atoms with Crippen molar-refractivity contribution in [3.8, 4) is 17.2 Å². The Bertz CT molecular complexity index is 974. The number of carbonyl (C=O) groups excluding carboxylic acids is 1. The molecular formula is C24H27NO4S2. The van der Waals surface area contributed by atoms with E-state index in [-0.39, 0.29) is 5.91 Å². The highest BCUT2D eigenvalue weighted by Crippen LogP contribution is 2.32. The van der Waals surface area contributed by atoms with Crippen LogP contribution in [0.3, 0.4) is 0 Å². The van der Waals surface area contributed by atoms with Gasteiger partial charge >= 0.3 is 0 Å². The number of amides is 1. The molecule has 0 radical (unpaired) electrons. The number of hydrogen-bond acceptors (Lipinski definition) is 6. The molecule has 2 aromatic rings. The van der Waals surface area contributed by atoms with E-state index in [0.29, 0.717) is 46.5 Å². The molecule has 0 aromatic heterocycles. The van der Waals surface area contributed by atoms with Gasteiger partial charge in [-0.1, -0.05) is 62.1 Å². The topological polar surface area (TPSA) is 56.8 Å². The van der Waals surface area contributed by atoms with Crippen LogP contribution in [0.1, 0.15) is 44.2 Å². The summed E-state index contributed by atoms with van der Waals surface area (Å²) in [6, 6.07) is 13.7. The summed E-state index contributed by atoms with van der Waals surface area (Å²) in [6.45, 7) is 7.62. The molecule has 0 bridgehead atoms. The number of nitrogens with one attached hydrogen (secondary N) is 1. The van der Waals surface area contributed by atoms with Crippen molar-refractivity contribution in [2.45, 2.75) is 33.1 Å².